The highest BCUT2D eigenvalue weighted by Crippen LogP contribution is 2.24. The van der Waals surface area contributed by atoms with Crippen molar-refractivity contribution in [2.75, 3.05) is 26.3 Å². The lowest BCUT2D eigenvalue weighted by molar-refractivity contribution is 0.0342. The van der Waals surface area contributed by atoms with Gasteiger partial charge in [0.25, 0.3) is 0 Å². The standard InChI is InChI=1S/C23H21N3O3/c27-25-20-13-23(21-12-17-3-1-2-4-18(17)14-24-21)29-22-6-5-16(11-19(20)22)15-26-7-9-28-10-8-26/h1-6,11-14,27H,7-10,15H2/b25-20-. The summed E-state index contributed by atoms with van der Waals surface area (Å²) in [5.74, 6) is 0.567. The van der Waals surface area contributed by atoms with E-state index in [1.165, 1.54) is 0 Å². The molecular formula is C23H21N3O3. The summed E-state index contributed by atoms with van der Waals surface area (Å²) in [7, 11) is 0. The van der Waals surface area contributed by atoms with Gasteiger partial charge in [0.2, 0.25) is 0 Å². The van der Waals surface area contributed by atoms with E-state index in [9.17, 15) is 5.21 Å². The summed E-state index contributed by atoms with van der Waals surface area (Å²) in [4.78, 5) is 6.87. The van der Waals surface area contributed by atoms with Crippen molar-refractivity contribution in [1.29, 1.82) is 0 Å². The summed E-state index contributed by atoms with van der Waals surface area (Å²) in [6, 6.07) is 17.8. The van der Waals surface area contributed by atoms with Crippen LogP contribution in [-0.4, -0.2) is 41.4 Å². The van der Waals surface area contributed by atoms with Gasteiger partial charge in [-0.3, -0.25) is 9.88 Å². The highest BCUT2D eigenvalue weighted by molar-refractivity contribution is 5.85. The molecule has 0 radical (unpaired) electrons. The second-order valence-electron chi connectivity index (χ2n) is 7.23. The van der Waals surface area contributed by atoms with Crippen LogP contribution in [0.3, 0.4) is 0 Å². The van der Waals surface area contributed by atoms with Crippen molar-refractivity contribution in [2.24, 2.45) is 5.16 Å². The molecule has 0 atom stereocenters. The minimum absolute atomic E-state index is 0.472. The largest absolute Gasteiger partial charge is 0.454 e. The minimum atomic E-state index is 0.472. The highest BCUT2D eigenvalue weighted by atomic mass is 16.5. The fourth-order valence-electron chi connectivity index (χ4n) is 3.76. The van der Waals surface area contributed by atoms with Crippen LogP contribution in [0.1, 0.15) is 5.56 Å². The molecule has 0 unspecified atom stereocenters. The third kappa shape index (κ3) is 3.60. The second-order valence-corrected chi connectivity index (χ2v) is 7.23. The lowest BCUT2D eigenvalue weighted by Gasteiger charge is -2.26. The van der Waals surface area contributed by atoms with Crippen molar-refractivity contribution < 1.29 is 14.4 Å². The molecular weight excluding hydrogens is 366 g/mol. The number of ether oxygens (including phenoxy) is 1. The van der Waals surface area contributed by atoms with Gasteiger partial charge in [-0.1, -0.05) is 35.5 Å². The number of pyridine rings is 1. The van der Waals surface area contributed by atoms with Crippen LogP contribution >= 0.6 is 0 Å². The summed E-state index contributed by atoms with van der Waals surface area (Å²) >= 11 is 0. The van der Waals surface area contributed by atoms with Gasteiger partial charge in [-0.05, 0) is 29.1 Å². The molecule has 0 spiro atoms. The van der Waals surface area contributed by atoms with E-state index in [4.69, 9.17) is 9.15 Å². The van der Waals surface area contributed by atoms with Crippen LogP contribution in [-0.2, 0) is 11.3 Å². The van der Waals surface area contributed by atoms with Crippen LogP contribution < -0.4 is 5.36 Å². The summed E-state index contributed by atoms with van der Waals surface area (Å²) in [6.45, 7) is 4.21. The molecule has 3 heterocycles. The van der Waals surface area contributed by atoms with Gasteiger partial charge < -0.3 is 14.4 Å². The Labute approximate surface area is 167 Å². The number of morpholine rings is 1. The SMILES string of the molecule is O/N=c1/cc(-c2cc3ccccc3cn2)oc2ccc(CN3CCOCC3)cc12. The zero-order valence-electron chi connectivity index (χ0n) is 15.9. The molecule has 2 aromatic carbocycles. The first-order valence-corrected chi connectivity index (χ1v) is 9.70. The van der Waals surface area contributed by atoms with E-state index in [2.05, 4.69) is 21.1 Å². The molecule has 146 valence electrons. The third-order valence-electron chi connectivity index (χ3n) is 5.31. The molecule has 1 fully saturated rings. The molecule has 4 aromatic rings. The van der Waals surface area contributed by atoms with Crippen molar-refractivity contribution in [3.05, 3.63) is 71.7 Å². The first-order valence-electron chi connectivity index (χ1n) is 9.70. The predicted octanol–water partition coefficient (Wildman–Crippen LogP) is 3.77. The number of nitrogens with zero attached hydrogens (tertiary/aromatic N) is 3. The topological polar surface area (TPSA) is 71.1 Å². The van der Waals surface area contributed by atoms with Crippen molar-refractivity contribution in [3.63, 3.8) is 0 Å². The molecule has 0 aliphatic carbocycles. The van der Waals surface area contributed by atoms with Crippen molar-refractivity contribution >= 4 is 21.7 Å². The molecule has 0 amide bonds. The van der Waals surface area contributed by atoms with Crippen LogP contribution in [0.5, 0.6) is 0 Å². The van der Waals surface area contributed by atoms with Crippen LogP contribution in [0.4, 0.5) is 0 Å². The Morgan fingerprint density at radius 1 is 1.00 bits per heavy atom. The average Bonchev–Trinajstić information content (AvgIpc) is 2.78. The Kier molecular flexibility index (Phi) is 4.71. The third-order valence-corrected chi connectivity index (χ3v) is 5.31. The average molecular weight is 387 g/mol. The Balaban J connectivity index is 1.55. The van der Waals surface area contributed by atoms with E-state index in [0.29, 0.717) is 22.4 Å². The zero-order valence-corrected chi connectivity index (χ0v) is 15.9. The monoisotopic (exact) mass is 387 g/mol. The molecule has 1 saturated heterocycles. The van der Waals surface area contributed by atoms with Crippen LogP contribution in [0.2, 0.25) is 0 Å². The first kappa shape index (κ1) is 17.8. The predicted molar refractivity (Wildman–Crippen MR) is 110 cm³/mol. The lowest BCUT2D eigenvalue weighted by Crippen LogP contribution is -2.35. The fraction of sp³-hybridized carbons (Fsp3) is 0.217. The molecule has 6 nitrogen and oxygen atoms in total. The number of hydrogen-bond acceptors (Lipinski definition) is 6. The maximum absolute atomic E-state index is 9.63. The summed E-state index contributed by atoms with van der Waals surface area (Å²) in [6.07, 6.45) is 1.82. The van der Waals surface area contributed by atoms with Gasteiger partial charge in [0.1, 0.15) is 16.6 Å². The van der Waals surface area contributed by atoms with Gasteiger partial charge >= 0.3 is 0 Å². The van der Waals surface area contributed by atoms with Gasteiger partial charge in [0.05, 0.1) is 13.2 Å². The Morgan fingerprint density at radius 2 is 1.83 bits per heavy atom. The molecule has 29 heavy (non-hydrogen) atoms. The highest BCUT2D eigenvalue weighted by Gasteiger charge is 2.13. The van der Waals surface area contributed by atoms with Gasteiger partial charge in [-0.15, -0.1) is 0 Å². The molecule has 0 bridgehead atoms. The van der Waals surface area contributed by atoms with Crippen molar-refractivity contribution in [3.8, 4) is 11.5 Å². The Morgan fingerprint density at radius 3 is 2.66 bits per heavy atom. The van der Waals surface area contributed by atoms with Gasteiger partial charge in [0.15, 0.2) is 5.76 Å². The van der Waals surface area contributed by atoms with E-state index >= 15 is 0 Å². The van der Waals surface area contributed by atoms with Crippen LogP contribution in [0.25, 0.3) is 33.2 Å². The molecule has 0 saturated carbocycles. The Bertz CT molecular complexity index is 1240. The van der Waals surface area contributed by atoms with E-state index in [1.54, 1.807) is 6.07 Å². The Hall–Kier alpha value is -3.22. The van der Waals surface area contributed by atoms with Gasteiger partial charge in [0, 0.05) is 42.7 Å². The van der Waals surface area contributed by atoms with Crippen LogP contribution in [0, 0.1) is 0 Å². The van der Waals surface area contributed by atoms with Crippen LogP contribution in [0.15, 0.2) is 70.4 Å². The lowest BCUT2D eigenvalue weighted by atomic mass is 10.1. The van der Waals surface area contributed by atoms with Crippen molar-refractivity contribution in [1.82, 2.24) is 9.88 Å². The van der Waals surface area contributed by atoms with E-state index < -0.39 is 0 Å². The summed E-state index contributed by atoms with van der Waals surface area (Å²) < 4.78 is 11.5. The quantitative estimate of drug-likeness (QED) is 0.428. The minimum Gasteiger partial charge on any atom is -0.454 e. The summed E-state index contributed by atoms with van der Waals surface area (Å²) in [5, 5.41) is 16.5. The molecule has 1 aliphatic rings. The number of fused-ring (bicyclic) bond motifs is 2. The smallest absolute Gasteiger partial charge is 0.155 e. The maximum atomic E-state index is 9.63. The van der Waals surface area contributed by atoms with Gasteiger partial charge in [-0.25, -0.2) is 0 Å². The fourth-order valence-corrected chi connectivity index (χ4v) is 3.76. The summed E-state index contributed by atoms with van der Waals surface area (Å²) in [5.41, 5.74) is 2.51. The van der Waals surface area contributed by atoms with Crippen molar-refractivity contribution in [2.45, 2.75) is 6.54 Å². The number of hydrogen-bond donors (Lipinski definition) is 1. The zero-order chi connectivity index (χ0) is 19.6. The maximum Gasteiger partial charge on any atom is 0.155 e. The van der Waals surface area contributed by atoms with E-state index in [-0.39, 0.29) is 0 Å². The number of benzene rings is 2. The molecule has 6 heteroatoms. The van der Waals surface area contributed by atoms with E-state index in [1.807, 2.05) is 48.7 Å². The second kappa shape index (κ2) is 7.66. The first-order chi connectivity index (χ1) is 14.3. The molecule has 1 N–H and O–H groups in total. The number of rotatable bonds is 3. The molecule has 2 aromatic heterocycles. The molecule has 5 rings (SSSR count). The van der Waals surface area contributed by atoms with Gasteiger partial charge in [-0.2, -0.15) is 0 Å². The molecule has 1 aliphatic heterocycles. The number of aromatic nitrogens is 1. The normalized spacial score (nSPS) is 15.9. The van der Waals surface area contributed by atoms with E-state index in [0.717, 1.165) is 54.6 Å².